The summed E-state index contributed by atoms with van der Waals surface area (Å²) in [6.45, 7) is 1.32. The lowest BCUT2D eigenvalue weighted by Gasteiger charge is -2.17. The van der Waals surface area contributed by atoms with Gasteiger partial charge in [0.25, 0.3) is 0 Å². The van der Waals surface area contributed by atoms with Gasteiger partial charge in [0.05, 0.1) is 4.90 Å². The van der Waals surface area contributed by atoms with E-state index in [-0.39, 0.29) is 4.90 Å². The lowest BCUT2D eigenvalue weighted by Crippen LogP contribution is -2.34. The van der Waals surface area contributed by atoms with Gasteiger partial charge in [-0.2, -0.15) is 4.31 Å². The number of carbonyl (C=O) groups is 1. The van der Waals surface area contributed by atoms with Crippen molar-refractivity contribution >= 4 is 39.2 Å². The summed E-state index contributed by atoms with van der Waals surface area (Å²) < 4.78 is 30.9. The molecule has 0 spiro atoms. The summed E-state index contributed by atoms with van der Waals surface area (Å²) in [5.41, 5.74) is 0.680. The molecule has 128 valence electrons. The van der Waals surface area contributed by atoms with Crippen molar-refractivity contribution in [3.8, 4) is 5.75 Å². The summed E-state index contributed by atoms with van der Waals surface area (Å²) >= 11 is 11.6. The first-order chi connectivity index (χ1) is 11.2. The number of nitrogens with zero attached hydrogens (tertiary/aromatic N) is 1. The molecule has 0 aliphatic rings. The number of likely N-dealkylation sites (N-methyl/N-ethyl adjacent to an activating group) is 1. The van der Waals surface area contributed by atoms with Gasteiger partial charge >= 0.3 is 5.97 Å². The van der Waals surface area contributed by atoms with Crippen LogP contribution >= 0.6 is 23.2 Å². The van der Waals surface area contributed by atoms with Crippen LogP contribution in [0.5, 0.6) is 5.75 Å². The maximum atomic E-state index is 12.4. The Labute approximate surface area is 150 Å². The predicted molar refractivity (Wildman–Crippen MR) is 93.1 cm³/mol. The summed E-state index contributed by atoms with van der Waals surface area (Å²) in [6.07, 6.45) is 0. The van der Waals surface area contributed by atoms with E-state index in [1.54, 1.807) is 25.1 Å². The Morgan fingerprint density at radius 2 is 1.67 bits per heavy atom. The van der Waals surface area contributed by atoms with Crippen LogP contribution in [-0.4, -0.2) is 32.3 Å². The van der Waals surface area contributed by atoms with Gasteiger partial charge in [0.15, 0.2) is 0 Å². The average Bonchev–Trinajstić information content (AvgIpc) is 2.50. The number of rotatable bonds is 5. The average molecular weight is 388 g/mol. The predicted octanol–water partition coefficient (Wildman–Crippen LogP) is 3.53. The van der Waals surface area contributed by atoms with Crippen LogP contribution in [0.1, 0.15) is 5.56 Å². The molecule has 24 heavy (non-hydrogen) atoms. The molecule has 0 radical (unpaired) electrons. The van der Waals surface area contributed by atoms with E-state index in [9.17, 15) is 13.2 Å². The summed E-state index contributed by atoms with van der Waals surface area (Å²) in [7, 11) is -2.50. The first kappa shape index (κ1) is 18.7. The molecule has 0 saturated carbocycles. The van der Waals surface area contributed by atoms with E-state index < -0.39 is 22.5 Å². The number of benzene rings is 2. The second-order valence-electron chi connectivity index (χ2n) is 5.10. The van der Waals surface area contributed by atoms with Crippen LogP contribution in [0.25, 0.3) is 0 Å². The molecular formula is C16H15Cl2NO4S. The van der Waals surface area contributed by atoms with E-state index in [4.69, 9.17) is 27.9 Å². The number of sulfonamides is 1. The maximum Gasteiger partial charge on any atom is 0.326 e. The summed E-state index contributed by atoms with van der Waals surface area (Å²) in [5, 5.41) is 0.948. The molecular weight excluding hydrogens is 373 g/mol. The van der Waals surface area contributed by atoms with E-state index >= 15 is 0 Å². The van der Waals surface area contributed by atoms with Crippen molar-refractivity contribution < 1.29 is 17.9 Å². The highest BCUT2D eigenvalue weighted by atomic mass is 35.5. The Balaban J connectivity index is 2.09. The van der Waals surface area contributed by atoms with Gasteiger partial charge in [-0.3, -0.25) is 4.79 Å². The topological polar surface area (TPSA) is 63.7 Å². The summed E-state index contributed by atoms with van der Waals surface area (Å²) in [4.78, 5) is 12.1. The fraction of sp³-hybridized carbons (Fsp3) is 0.188. The highest BCUT2D eigenvalue weighted by molar-refractivity contribution is 7.89. The van der Waals surface area contributed by atoms with Crippen molar-refractivity contribution in [1.82, 2.24) is 4.31 Å². The molecule has 2 aromatic rings. The fourth-order valence-electron chi connectivity index (χ4n) is 1.94. The molecule has 0 heterocycles. The van der Waals surface area contributed by atoms with E-state index in [0.29, 0.717) is 21.4 Å². The molecule has 8 heteroatoms. The minimum absolute atomic E-state index is 0.0462. The molecule has 0 N–H and O–H groups in total. The van der Waals surface area contributed by atoms with Gasteiger partial charge in [0.1, 0.15) is 12.3 Å². The van der Waals surface area contributed by atoms with Gasteiger partial charge in [-0.1, -0.05) is 23.2 Å². The normalized spacial score (nSPS) is 11.5. The minimum Gasteiger partial charge on any atom is -0.425 e. The minimum atomic E-state index is -3.81. The number of hydrogen-bond acceptors (Lipinski definition) is 4. The van der Waals surface area contributed by atoms with E-state index in [1.807, 2.05) is 0 Å². The molecule has 5 nitrogen and oxygen atoms in total. The van der Waals surface area contributed by atoms with Gasteiger partial charge in [-0.25, -0.2) is 8.42 Å². The molecule has 0 aliphatic heterocycles. The zero-order valence-electron chi connectivity index (χ0n) is 13.0. The molecule has 0 amide bonds. The Kier molecular flexibility index (Phi) is 5.87. The first-order valence-corrected chi connectivity index (χ1v) is 9.08. The highest BCUT2D eigenvalue weighted by Crippen LogP contribution is 2.22. The monoisotopic (exact) mass is 387 g/mol. The molecule has 0 aromatic heterocycles. The number of ether oxygens (including phenoxy) is 1. The Morgan fingerprint density at radius 3 is 2.25 bits per heavy atom. The maximum absolute atomic E-state index is 12.4. The third-order valence-corrected chi connectivity index (χ3v) is 5.54. The standard InChI is InChI=1S/C16H15Cl2NO4S/c1-11-9-13(18)5-8-15(11)23-16(20)10-19(2)24(21,22)14-6-3-12(17)4-7-14/h3-9H,10H2,1-2H3. The van der Waals surface area contributed by atoms with Crippen molar-refractivity contribution in [1.29, 1.82) is 0 Å². The lowest BCUT2D eigenvalue weighted by atomic mass is 10.2. The summed E-state index contributed by atoms with van der Waals surface area (Å²) in [5.74, 6) is -0.359. The Hall–Kier alpha value is -1.60. The molecule has 0 saturated heterocycles. The van der Waals surface area contributed by atoms with E-state index in [0.717, 1.165) is 4.31 Å². The molecule has 0 aliphatic carbocycles. The van der Waals surface area contributed by atoms with Crippen molar-refractivity contribution in [2.45, 2.75) is 11.8 Å². The number of aryl methyl sites for hydroxylation is 1. The first-order valence-electron chi connectivity index (χ1n) is 6.89. The van der Waals surface area contributed by atoms with Gasteiger partial charge in [0, 0.05) is 17.1 Å². The number of hydrogen-bond donors (Lipinski definition) is 0. The van der Waals surface area contributed by atoms with E-state index in [2.05, 4.69) is 0 Å². The van der Waals surface area contributed by atoms with E-state index in [1.165, 1.54) is 31.3 Å². The van der Waals surface area contributed by atoms with Crippen LogP contribution in [0.3, 0.4) is 0 Å². The SMILES string of the molecule is Cc1cc(Cl)ccc1OC(=O)CN(C)S(=O)(=O)c1ccc(Cl)cc1. The zero-order valence-corrected chi connectivity index (χ0v) is 15.3. The van der Waals surface area contributed by atoms with Crippen molar-refractivity contribution in [3.05, 3.63) is 58.1 Å². The van der Waals surface area contributed by atoms with Crippen LogP contribution in [-0.2, 0) is 14.8 Å². The van der Waals surface area contributed by atoms with Crippen LogP contribution in [0, 0.1) is 6.92 Å². The quantitative estimate of drug-likeness (QED) is 0.581. The molecule has 2 aromatic carbocycles. The highest BCUT2D eigenvalue weighted by Gasteiger charge is 2.24. The van der Waals surface area contributed by atoms with Gasteiger partial charge in [-0.15, -0.1) is 0 Å². The van der Waals surface area contributed by atoms with Crippen LogP contribution in [0.15, 0.2) is 47.4 Å². The third-order valence-electron chi connectivity index (χ3n) is 3.23. The number of halogens is 2. The second-order valence-corrected chi connectivity index (χ2v) is 8.02. The largest absolute Gasteiger partial charge is 0.425 e. The van der Waals surface area contributed by atoms with Crippen LogP contribution in [0.4, 0.5) is 0 Å². The number of carbonyl (C=O) groups excluding carboxylic acids is 1. The third kappa shape index (κ3) is 4.48. The zero-order chi connectivity index (χ0) is 17.9. The van der Waals surface area contributed by atoms with Crippen LogP contribution in [0.2, 0.25) is 10.0 Å². The van der Waals surface area contributed by atoms with Gasteiger partial charge < -0.3 is 4.74 Å². The Bertz CT molecular complexity index is 851. The van der Waals surface area contributed by atoms with Crippen LogP contribution < -0.4 is 4.74 Å². The molecule has 0 fully saturated rings. The smallest absolute Gasteiger partial charge is 0.326 e. The number of esters is 1. The van der Waals surface area contributed by atoms with Crippen molar-refractivity contribution in [2.24, 2.45) is 0 Å². The lowest BCUT2D eigenvalue weighted by molar-refractivity contribution is -0.134. The second kappa shape index (κ2) is 7.53. The Morgan fingerprint density at radius 1 is 1.08 bits per heavy atom. The molecule has 2 rings (SSSR count). The molecule has 0 unspecified atom stereocenters. The van der Waals surface area contributed by atoms with Gasteiger partial charge in [-0.05, 0) is 55.0 Å². The fourth-order valence-corrected chi connectivity index (χ4v) is 3.40. The van der Waals surface area contributed by atoms with Crippen molar-refractivity contribution in [2.75, 3.05) is 13.6 Å². The van der Waals surface area contributed by atoms with Gasteiger partial charge in [0.2, 0.25) is 10.0 Å². The molecule has 0 bridgehead atoms. The summed E-state index contributed by atoms with van der Waals surface area (Å²) in [6, 6.07) is 10.5. The molecule has 0 atom stereocenters. The van der Waals surface area contributed by atoms with Crippen molar-refractivity contribution in [3.63, 3.8) is 0 Å².